The van der Waals surface area contributed by atoms with Crippen molar-refractivity contribution in [3.63, 3.8) is 0 Å². The maximum Gasteiger partial charge on any atom is 0.319 e. The lowest BCUT2D eigenvalue weighted by Crippen LogP contribution is -2.38. The molecule has 0 bridgehead atoms. The molecule has 1 aliphatic heterocycles. The third-order valence-corrected chi connectivity index (χ3v) is 3.75. The minimum Gasteiger partial charge on any atom is -0.394 e. The van der Waals surface area contributed by atoms with Crippen molar-refractivity contribution in [3.05, 3.63) is 24.3 Å². The second kappa shape index (κ2) is 7.88. The maximum absolute atomic E-state index is 11.9. The van der Waals surface area contributed by atoms with Gasteiger partial charge in [0, 0.05) is 13.1 Å². The van der Waals surface area contributed by atoms with Gasteiger partial charge in [-0.1, -0.05) is 25.0 Å². The smallest absolute Gasteiger partial charge is 0.319 e. The van der Waals surface area contributed by atoms with E-state index in [1.807, 2.05) is 18.2 Å². The normalized spacial score (nSPS) is 17.0. The largest absolute Gasteiger partial charge is 0.394 e. The molecule has 0 radical (unpaired) electrons. The van der Waals surface area contributed by atoms with Crippen LogP contribution in [-0.4, -0.2) is 36.9 Å². The first-order chi connectivity index (χ1) is 10.2. The quantitative estimate of drug-likeness (QED) is 0.799. The Kier molecular flexibility index (Phi) is 5.87. The van der Waals surface area contributed by atoms with E-state index in [2.05, 4.69) is 21.6 Å². The average Bonchev–Trinajstić information content (AvgIpc) is 2.76. The number of nitrogens with one attached hydrogen (secondary N) is 2. The highest BCUT2D eigenvalue weighted by Crippen LogP contribution is 2.27. The number of hydrogen-bond donors (Lipinski definition) is 3. The van der Waals surface area contributed by atoms with Gasteiger partial charge in [0.15, 0.2) is 0 Å². The first-order valence-electron chi connectivity index (χ1n) is 7.73. The molecule has 0 aromatic heterocycles. The van der Waals surface area contributed by atoms with Crippen molar-refractivity contribution >= 4 is 17.4 Å². The van der Waals surface area contributed by atoms with Crippen LogP contribution in [0.1, 0.15) is 32.6 Å². The first kappa shape index (κ1) is 15.6. The van der Waals surface area contributed by atoms with Crippen molar-refractivity contribution in [2.75, 3.05) is 29.9 Å². The molecule has 1 heterocycles. The molecule has 1 fully saturated rings. The van der Waals surface area contributed by atoms with E-state index in [0.29, 0.717) is 0 Å². The number of nitrogens with zero attached hydrogens (tertiary/aromatic N) is 1. The van der Waals surface area contributed by atoms with Crippen LogP contribution < -0.4 is 15.5 Å². The van der Waals surface area contributed by atoms with Gasteiger partial charge in [-0.15, -0.1) is 0 Å². The predicted octanol–water partition coefficient (Wildman–Crippen LogP) is 2.57. The molecule has 0 spiro atoms. The number of carbonyl (C=O) groups excluding carboxylic acids is 1. The van der Waals surface area contributed by atoms with Crippen LogP contribution in [0.15, 0.2) is 24.3 Å². The molecule has 1 atom stereocenters. The molecule has 1 saturated heterocycles. The van der Waals surface area contributed by atoms with Gasteiger partial charge >= 0.3 is 6.03 Å². The van der Waals surface area contributed by atoms with Crippen LogP contribution in [-0.2, 0) is 0 Å². The summed E-state index contributed by atoms with van der Waals surface area (Å²) < 4.78 is 0. The summed E-state index contributed by atoms with van der Waals surface area (Å²) in [5.41, 5.74) is 1.90. The van der Waals surface area contributed by atoms with E-state index in [1.165, 1.54) is 25.7 Å². The molecule has 2 amide bonds. The van der Waals surface area contributed by atoms with Gasteiger partial charge in [0.25, 0.3) is 0 Å². The van der Waals surface area contributed by atoms with E-state index in [0.717, 1.165) is 24.5 Å². The summed E-state index contributed by atoms with van der Waals surface area (Å²) >= 11 is 0. The van der Waals surface area contributed by atoms with Crippen LogP contribution >= 0.6 is 0 Å². The molecule has 1 aromatic rings. The standard InChI is InChI=1S/C16H25N3O2/c1-13(12-20)17-16(21)18-14-8-4-5-9-15(14)19-10-6-2-3-7-11-19/h4-5,8-9,13,20H,2-3,6-7,10-12H2,1H3,(H2,17,18,21). The van der Waals surface area contributed by atoms with Gasteiger partial charge in [-0.05, 0) is 31.9 Å². The number of aliphatic hydroxyl groups is 1. The van der Waals surface area contributed by atoms with Crippen LogP contribution in [0.2, 0.25) is 0 Å². The molecule has 0 aliphatic carbocycles. The maximum atomic E-state index is 11.9. The highest BCUT2D eigenvalue weighted by molar-refractivity contribution is 5.93. The molecule has 1 aromatic carbocycles. The van der Waals surface area contributed by atoms with Gasteiger partial charge in [-0.2, -0.15) is 0 Å². The average molecular weight is 291 g/mol. The summed E-state index contributed by atoms with van der Waals surface area (Å²) in [6.07, 6.45) is 4.95. The van der Waals surface area contributed by atoms with Gasteiger partial charge in [0.05, 0.1) is 24.0 Å². The molecular weight excluding hydrogens is 266 g/mol. The SMILES string of the molecule is CC(CO)NC(=O)Nc1ccccc1N1CCCCCC1. The Morgan fingerprint density at radius 1 is 1.24 bits per heavy atom. The Bertz CT molecular complexity index is 457. The predicted molar refractivity (Wildman–Crippen MR) is 85.8 cm³/mol. The van der Waals surface area contributed by atoms with Crippen molar-refractivity contribution in [3.8, 4) is 0 Å². The summed E-state index contributed by atoms with van der Waals surface area (Å²) in [4.78, 5) is 14.3. The summed E-state index contributed by atoms with van der Waals surface area (Å²) in [5.74, 6) is 0. The Labute approximate surface area is 126 Å². The molecule has 0 saturated carbocycles. The van der Waals surface area contributed by atoms with E-state index in [1.54, 1.807) is 6.92 Å². The Morgan fingerprint density at radius 3 is 2.57 bits per heavy atom. The number of rotatable bonds is 4. The van der Waals surface area contributed by atoms with E-state index in [4.69, 9.17) is 5.11 Å². The summed E-state index contributed by atoms with van der Waals surface area (Å²) in [6, 6.07) is 7.36. The Balaban J connectivity index is 2.07. The van der Waals surface area contributed by atoms with E-state index < -0.39 is 0 Å². The van der Waals surface area contributed by atoms with Gasteiger partial charge in [0.1, 0.15) is 0 Å². The molecule has 5 heteroatoms. The zero-order valence-corrected chi connectivity index (χ0v) is 12.6. The molecule has 3 N–H and O–H groups in total. The summed E-state index contributed by atoms with van der Waals surface area (Å²) in [7, 11) is 0. The molecule has 116 valence electrons. The number of hydrogen-bond acceptors (Lipinski definition) is 3. The number of amides is 2. The number of para-hydroxylation sites is 2. The zero-order valence-electron chi connectivity index (χ0n) is 12.6. The van der Waals surface area contributed by atoms with Crippen LogP contribution in [0.25, 0.3) is 0 Å². The minimum atomic E-state index is -0.279. The molecule has 1 aliphatic rings. The van der Waals surface area contributed by atoms with Gasteiger partial charge in [0.2, 0.25) is 0 Å². The fourth-order valence-corrected chi connectivity index (χ4v) is 2.59. The second-order valence-electron chi connectivity index (χ2n) is 5.60. The van der Waals surface area contributed by atoms with Gasteiger partial charge in [-0.25, -0.2) is 4.79 Å². The minimum absolute atomic E-state index is 0.0683. The molecule has 1 unspecified atom stereocenters. The molecular formula is C16H25N3O2. The van der Waals surface area contributed by atoms with Crippen molar-refractivity contribution in [2.24, 2.45) is 0 Å². The highest BCUT2D eigenvalue weighted by atomic mass is 16.3. The van der Waals surface area contributed by atoms with E-state index in [9.17, 15) is 4.79 Å². The lowest BCUT2D eigenvalue weighted by atomic mass is 10.2. The van der Waals surface area contributed by atoms with Gasteiger partial charge < -0.3 is 20.6 Å². The first-order valence-corrected chi connectivity index (χ1v) is 7.73. The van der Waals surface area contributed by atoms with Crippen LogP contribution in [0.5, 0.6) is 0 Å². The Morgan fingerprint density at radius 2 is 1.90 bits per heavy atom. The molecule has 2 rings (SSSR count). The molecule has 5 nitrogen and oxygen atoms in total. The second-order valence-corrected chi connectivity index (χ2v) is 5.60. The van der Waals surface area contributed by atoms with Crippen LogP contribution in [0.4, 0.5) is 16.2 Å². The van der Waals surface area contributed by atoms with Crippen molar-refractivity contribution in [1.82, 2.24) is 5.32 Å². The van der Waals surface area contributed by atoms with Crippen LogP contribution in [0, 0.1) is 0 Å². The number of anilines is 2. The number of aliphatic hydroxyl groups excluding tert-OH is 1. The van der Waals surface area contributed by atoms with Crippen molar-refractivity contribution in [2.45, 2.75) is 38.6 Å². The van der Waals surface area contributed by atoms with Gasteiger partial charge in [-0.3, -0.25) is 0 Å². The lowest BCUT2D eigenvalue weighted by molar-refractivity contribution is 0.229. The topological polar surface area (TPSA) is 64.6 Å². The lowest BCUT2D eigenvalue weighted by Gasteiger charge is -2.25. The monoisotopic (exact) mass is 291 g/mol. The van der Waals surface area contributed by atoms with E-state index in [-0.39, 0.29) is 18.7 Å². The Hall–Kier alpha value is -1.75. The fourth-order valence-electron chi connectivity index (χ4n) is 2.59. The van der Waals surface area contributed by atoms with Crippen molar-refractivity contribution < 1.29 is 9.90 Å². The van der Waals surface area contributed by atoms with Crippen LogP contribution in [0.3, 0.4) is 0 Å². The third kappa shape index (κ3) is 4.63. The number of benzene rings is 1. The summed E-state index contributed by atoms with van der Waals surface area (Å²) in [6.45, 7) is 3.77. The third-order valence-electron chi connectivity index (χ3n) is 3.75. The summed E-state index contributed by atoms with van der Waals surface area (Å²) in [5, 5.41) is 14.6. The zero-order chi connectivity index (χ0) is 15.1. The number of urea groups is 1. The van der Waals surface area contributed by atoms with Crippen molar-refractivity contribution in [1.29, 1.82) is 0 Å². The highest BCUT2D eigenvalue weighted by Gasteiger charge is 2.15. The fraction of sp³-hybridized carbons (Fsp3) is 0.562. The molecule has 21 heavy (non-hydrogen) atoms. The van der Waals surface area contributed by atoms with E-state index >= 15 is 0 Å². The number of carbonyl (C=O) groups is 1.